The monoisotopic (exact) mass is 226 g/mol. The summed E-state index contributed by atoms with van der Waals surface area (Å²) in [6, 6.07) is 12.0. The Bertz CT molecular complexity index is 519. The van der Waals surface area contributed by atoms with Crippen LogP contribution in [0.25, 0.3) is 0 Å². The molecule has 0 saturated heterocycles. The number of anilines is 1. The molecule has 0 fully saturated rings. The van der Waals surface area contributed by atoms with Crippen molar-refractivity contribution in [1.82, 2.24) is 9.78 Å². The van der Waals surface area contributed by atoms with Crippen LogP contribution in [0, 0.1) is 11.3 Å². The van der Waals surface area contributed by atoms with E-state index in [0.29, 0.717) is 6.42 Å². The van der Waals surface area contributed by atoms with Crippen molar-refractivity contribution in [3.63, 3.8) is 0 Å². The molecule has 1 heterocycles. The van der Waals surface area contributed by atoms with E-state index in [1.807, 2.05) is 42.1 Å². The van der Waals surface area contributed by atoms with Crippen molar-refractivity contribution in [3.05, 3.63) is 47.8 Å². The number of aryl methyl sites for hydroxylation is 1. The van der Waals surface area contributed by atoms with Gasteiger partial charge in [-0.2, -0.15) is 10.4 Å². The Morgan fingerprint density at radius 1 is 1.29 bits per heavy atom. The van der Waals surface area contributed by atoms with Crippen LogP contribution in [0.4, 0.5) is 5.69 Å². The zero-order valence-corrected chi connectivity index (χ0v) is 9.72. The van der Waals surface area contributed by atoms with Crippen LogP contribution in [-0.2, 0) is 20.0 Å². The van der Waals surface area contributed by atoms with Crippen LogP contribution >= 0.6 is 0 Å². The lowest BCUT2D eigenvalue weighted by Crippen LogP contribution is -2.05. The van der Waals surface area contributed by atoms with Gasteiger partial charge in [0.2, 0.25) is 0 Å². The number of aromatic nitrogens is 2. The average molecular weight is 226 g/mol. The molecule has 86 valence electrons. The van der Waals surface area contributed by atoms with Crippen molar-refractivity contribution < 1.29 is 0 Å². The lowest BCUT2D eigenvalue weighted by Gasteiger charge is -2.07. The summed E-state index contributed by atoms with van der Waals surface area (Å²) in [5, 5.41) is 16.0. The van der Waals surface area contributed by atoms with Crippen LogP contribution in [0.3, 0.4) is 0 Å². The fraction of sp³-hybridized carbons (Fsp3) is 0.231. The van der Waals surface area contributed by atoms with Crippen molar-refractivity contribution in [2.75, 3.05) is 5.32 Å². The summed E-state index contributed by atoms with van der Waals surface area (Å²) in [4.78, 5) is 0. The van der Waals surface area contributed by atoms with E-state index in [2.05, 4.69) is 16.5 Å². The first-order valence-corrected chi connectivity index (χ1v) is 5.46. The van der Waals surface area contributed by atoms with Gasteiger partial charge < -0.3 is 5.32 Å². The smallest absolute Gasteiger partial charge is 0.0669 e. The maximum atomic E-state index is 8.57. The number of hydrogen-bond donors (Lipinski definition) is 1. The summed E-state index contributed by atoms with van der Waals surface area (Å²) in [6.45, 7) is 0.744. The van der Waals surface area contributed by atoms with Crippen LogP contribution in [0.15, 0.2) is 36.5 Å². The van der Waals surface area contributed by atoms with E-state index in [9.17, 15) is 0 Å². The van der Waals surface area contributed by atoms with E-state index < -0.39 is 0 Å². The molecule has 1 aromatic carbocycles. The van der Waals surface area contributed by atoms with Crippen molar-refractivity contribution in [3.8, 4) is 6.07 Å². The third-order valence-electron chi connectivity index (χ3n) is 2.63. The number of nitriles is 1. The normalized spacial score (nSPS) is 9.88. The molecule has 0 aliphatic carbocycles. The van der Waals surface area contributed by atoms with Crippen molar-refractivity contribution in [2.45, 2.75) is 13.0 Å². The largest absolute Gasteiger partial charge is 0.379 e. The molecule has 17 heavy (non-hydrogen) atoms. The highest BCUT2D eigenvalue weighted by atomic mass is 15.3. The zero-order valence-electron chi connectivity index (χ0n) is 9.72. The molecule has 0 aliphatic heterocycles. The standard InChI is InChI=1S/C13H14N4/c1-17-13(7-9-16-17)10-15-12-4-2-11(3-5-12)6-8-14/h2-5,7,9,15H,6,10H2,1H3. The quantitative estimate of drug-likeness (QED) is 0.868. The van der Waals surface area contributed by atoms with Crippen molar-refractivity contribution in [2.24, 2.45) is 7.05 Å². The van der Waals surface area contributed by atoms with Crippen LogP contribution in [0.2, 0.25) is 0 Å². The molecule has 0 bridgehead atoms. The Balaban J connectivity index is 1.96. The van der Waals surface area contributed by atoms with E-state index in [1.54, 1.807) is 6.20 Å². The molecule has 1 N–H and O–H groups in total. The molecule has 0 aliphatic rings. The third-order valence-corrected chi connectivity index (χ3v) is 2.63. The molecule has 0 spiro atoms. The fourth-order valence-electron chi connectivity index (χ4n) is 1.60. The molecule has 4 nitrogen and oxygen atoms in total. The minimum Gasteiger partial charge on any atom is -0.379 e. The summed E-state index contributed by atoms with van der Waals surface area (Å²) in [6.07, 6.45) is 2.25. The van der Waals surface area contributed by atoms with E-state index in [4.69, 9.17) is 5.26 Å². The van der Waals surface area contributed by atoms with Gasteiger partial charge in [-0.3, -0.25) is 4.68 Å². The van der Waals surface area contributed by atoms with Gasteiger partial charge in [-0.1, -0.05) is 12.1 Å². The molecule has 0 amide bonds. The van der Waals surface area contributed by atoms with Gasteiger partial charge in [-0.15, -0.1) is 0 Å². The van der Waals surface area contributed by atoms with Crippen LogP contribution in [0.5, 0.6) is 0 Å². The fourth-order valence-corrected chi connectivity index (χ4v) is 1.60. The summed E-state index contributed by atoms with van der Waals surface area (Å²) in [5.41, 5.74) is 3.22. The first kappa shape index (κ1) is 11.2. The number of nitrogens with one attached hydrogen (secondary N) is 1. The molecular formula is C13H14N4. The Kier molecular flexibility index (Phi) is 3.41. The van der Waals surface area contributed by atoms with E-state index in [-0.39, 0.29) is 0 Å². The summed E-state index contributed by atoms with van der Waals surface area (Å²) >= 11 is 0. The molecule has 0 atom stereocenters. The SMILES string of the molecule is Cn1nccc1CNc1ccc(CC#N)cc1. The van der Waals surface area contributed by atoms with Crippen LogP contribution in [0.1, 0.15) is 11.3 Å². The van der Waals surface area contributed by atoms with Gasteiger partial charge in [0.05, 0.1) is 24.7 Å². The second-order valence-electron chi connectivity index (χ2n) is 3.83. The van der Waals surface area contributed by atoms with Gasteiger partial charge in [0.15, 0.2) is 0 Å². The predicted molar refractivity (Wildman–Crippen MR) is 66.3 cm³/mol. The second-order valence-corrected chi connectivity index (χ2v) is 3.83. The van der Waals surface area contributed by atoms with E-state index in [0.717, 1.165) is 23.5 Å². The summed E-state index contributed by atoms with van der Waals surface area (Å²) in [5.74, 6) is 0. The van der Waals surface area contributed by atoms with Crippen LogP contribution in [-0.4, -0.2) is 9.78 Å². The highest BCUT2D eigenvalue weighted by molar-refractivity contribution is 5.45. The van der Waals surface area contributed by atoms with Crippen molar-refractivity contribution >= 4 is 5.69 Å². The molecule has 2 aromatic rings. The molecule has 0 unspecified atom stereocenters. The van der Waals surface area contributed by atoms with Gasteiger partial charge in [0.25, 0.3) is 0 Å². The number of hydrogen-bond acceptors (Lipinski definition) is 3. The Hall–Kier alpha value is -2.28. The lowest BCUT2D eigenvalue weighted by molar-refractivity contribution is 0.720. The van der Waals surface area contributed by atoms with Crippen molar-refractivity contribution in [1.29, 1.82) is 5.26 Å². The third kappa shape index (κ3) is 2.85. The summed E-state index contributed by atoms with van der Waals surface area (Å²) < 4.78 is 1.84. The molecule has 4 heteroatoms. The topological polar surface area (TPSA) is 53.6 Å². The zero-order chi connectivity index (χ0) is 12.1. The van der Waals surface area contributed by atoms with Gasteiger partial charge in [-0.05, 0) is 23.8 Å². The molecule has 1 aromatic heterocycles. The summed E-state index contributed by atoms with van der Waals surface area (Å²) in [7, 11) is 1.92. The first-order chi connectivity index (χ1) is 8.29. The number of benzene rings is 1. The maximum absolute atomic E-state index is 8.57. The molecule has 2 rings (SSSR count). The Labute approximate surface area is 100 Å². The minimum absolute atomic E-state index is 0.460. The van der Waals surface area contributed by atoms with Crippen LogP contribution < -0.4 is 5.32 Å². The van der Waals surface area contributed by atoms with Gasteiger partial charge in [0, 0.05) is 18.9 Å². The van der Waals surface area contributed by atoms with Gasteiger partial charge >= 0.3 is 0 Å². The number of rotatable bonds is 4. The highest BCUT2D eigenvalue weighted by Gasteiger charge is 1.98. The highest BCUT2D eigenvalue weighted by Crippen LogP contribution is 2.11. The van der Waals surface area contributed by atoms with Gasteiger partial charge in [-0.25, -0.2) is 0 Å². The predicted octanol–water partition coefficient (Wildman–Crippen LogP) is 2.10. The van der Waals surface area contributed by atoms with Gasteiger partial charge in [0.1, 0.15) is 0 Å². The molecule has 0 saturated carbocycles. The minimum atomic E-state index is 0.460. The van der Waals surface area contributed by atoms with E-state index in [1.165, 1.54) is 0 Å². The maximum Gasteiger partial charge on any atom is 0.0669 e. The Morgan fingerprint density at radius 3 is 2.65 bits per heavy atom. The van der Waals surface area contributed by atoms with E-state index >= 15 is 0 Å². The number of nitrogens with zero attached hydrogens (tertiary/aromatic N) is 3. The Morgan fingerprint density at radius 2 is 2.06 bits per heavy atom. The average Bonchev–Trinajstić information content (AvgIpc) is 2.75. The molecular weight excluding hydrogens is 212 g/mol. The lowest BCUT2D eigenvalue weighted by atomic mass is 10.1. The molecule has 0 radical (unpaired) electrons. The second kappa shape index (κ2) is 5.17. The first-order valence-electron chi connectivity index (χ1n) is 5.46.